The molecule has 0 aliphatic carbocycles. The number of aliphatic hydroxyl groups is 2. The van der Waals surface area contributed by atoms with Crippen LogP contribution in [0.5, 0.6) is 0 Å². The number of benzene rings is 2. The predicted octanol–water partition coefficient (Wildman–Crippen LogP) is 2.62. The van der Waals surface area contributed by atoms with Gasteiger partial charge in [0, 0.05) is 30.7 Å². The normalized spacial score (nSPS) is 22.6. The molecule has 1 saturated heterocycles. The second kappa shape index (κ2) is 9.40. The van der Waals surface area contributed by atoms with E-state index in [1.165, 1.54) is 11.8 Å². The number of amides is 2. The monoisotopic (exact) mass is 464 g/mol. The minimum Gasteiger partial charge on any atom is -0.441 e. The van der Waals surface area contributed by atoms with E-state index >= 15 is 0 Å². The van der Waals surface area contributed by atoms with E-state index in [-0.39, 0.29) is 25.5 Å². The van der Waals surface area contributed by atoms with E-state index in [9.17, 15) is 19.5 Å². The van der Waals surface area contributed by atoms with Gasteiger partial charge < -0.3 is 19.8 Å². The van der Waals surface area contributed by atoms with E-state index in [0.29, 0.717) is 23.4 Å². The fourth-order valence-electron chi connectivity index (χ4n) is 4.54. The molecule has 4 rings (SSSR count). The number of esters is 1. The lowest BCUT2D eigenvalue weighted by Gasteiger charge is -2.39. The van der Waals surface area contributed by atoms with Gasteiger partial charge in [0.25, 0.3) is 5.91 Å². The van der Waals surface area contributed by atoms with Gasteiger partial charge in [0.05, 0.1) is 18.7 Å². The number of rotatable bonds is 8. The summed E-state index contributed by atoms with van der Waals surface area (Å²) in [5, 5.41) is 20.6. The van der Waals surface area contributed by atoms with Crippen molar-refractivity contribution in [3.8, 4) is 0 Å². The molecule has 8 heteroatoms. The van der Waals surface area contributed by atoms with Crippen molar-refractivity contribution in [2.45, 2.75) is 45.1 Å². The van der Waals surface area contributed by atoms with Crippen molar-refractivity contribution in [2.75, 3.05) is 16.4 Å². The second-order valence-corrected chi connectivity index (χ2v) is 8.61. The van der Waals surface area contributed by atoms with Gasteiger partial charge in [-0.3, -0.25) is 19.3 Å². The van der Waals surface area contributed by atoms with Crippen LogP contribution in [-0.2, 0) is 31.3 Å². The third-order valence-electron chi connectivity index (χ3n) is 6.29. The van der Waals surface area contributed by atoms with Crippen LogP contribution in [-0.4, -0.2) is 40.8 Å². The Morgan fingerprint density at radius 1 is 1.24 bits per heavy atom. The Balaban J connectivity index is 1.61. The zero-order valence-electron chi connectivity index (χ0n) is 19.2. The number of hydrogen-bond acceptors (Lipinski definition) is 6. The second-order valence-electron chi connectivity index (χ2n) is 8.61. The summed E-state index contributed by atoms with van der Waals surface area (Å²) in [6.45, 7) is 3.26. The van der Waals surface area contributed by atoms with E-state index < -0.39 is 29.6 Å². The van der Waals surface area contributed by atoms with Crippen LogP contribution in [0.15, 0.2) is 60.7 Å². The molecule has 1 fully saturated rings. The summed E-state index contributed by atoms with van der Waals surface area (Å²) in [4.78, 5) is 40.0. The van der Waals surface area contributed by atoms with Crippen LogP contribution < -0.4 is 9.80 Å². The van der Waals surface area contributed by atoms with Crippen LogP contribution >= 0.6 is 0 Å². The molecule has 34 heavy (non-hydrogen) atoms. The van der Waals surface area contributed by atoms with Crippen molar-refractivity contribution in [1.82, 2.24) is 0 Å². The molecule has 2 amide bonds. The first kappa shape index (κ1) is 23.7. The Bertz CT molecular complexity index is 1150. The number of aliphatic hydroxyl groups excluding tert-OH is 1. The van der Waals surface area contributed by atoms with Crippen LogP contribution in [0, 0.1) is 5.92 Å². The summed E-state index contributed by atoms with van der Waals surface area (Å²) < 4.78 is 5.20. The van der Waals surface area contributed by atoms with Crippen LogP contribution in [0.3, 0.4) is 0 Å². The SMILES string of the molecule is CC(=O)OC1CC(=O)N1c1cccc(CN2C(=O)[C@](O)([C@H](C)/C=C/CCO)c3ccccc32)c1. The van der Waals surface area contributed by atoms with Crippen molar-refractivity contribution < 1.29 is 29.3 Å². The van der Waals surface area contributed by atoms with Crippen molar-refractivity contribution >= 4 is 29.2 Å². The number of carbonyl (C=O) groups excluding carboxylic acids is 3. The first-order valence-electron chi connectivity index (χ1n) is 11.3. The fourth-order valence-corrected chi connectivity index (χ4v) is 4.54. The zero-order chi connectivity index (χ0) is 24.5. The highest BCUT2D eigenvalue weighted by atomic mass is 16.6. The van der Waals surface area contributed by atoms with Crippen LogP contribution in [0.1, 0.15) is 37.8 Å². The highest BCUT2D eigenvalue weighted by Gasteiger charge is 2.52. The molecule has 2 aromatic carbocycles. The Morgan fingerprint density at radius 2 is 2.00 bits per heavy atom. The Kier molecular flexibility index (Phi) is 6.54. The Labute approximate surface area is 198 Å². The number of nitrogens with zero attached hydrogens (tertiary/aromatic N) is 2. The molecule has 2 aromatic rings. The van der Waals surface area contributed by atoms with Gasteiger partial charge in [-0.1, -0.05) is 49.4 Å². The Morgan fingerprint density at radius 3 is 2.71 bits per heavy atom. The molecule has 0 saturated carbocycles. The number of para-hydroxylation sites is 1. The van der Waals surface area contributed by atoms with Gasteiger partial charge in [-0.25, -0.2) is 0 Å². The molecule has 8 nitrogen and oxygen atoms in total. The van der Waals surface area contributed by atoms with Crippen molar-refractivity contribution in [2.24, 2.45) is 5.92 Å². The molecule has 0 spiro atoms. The number of ether oxygens (including phenoxy) is 1. The van der Waals surface area contributed by atoms with Gasteiger partial charge in [0.1, 0.15) is 0 Å². The first-order chi connectivity index (χ1) is 16.3. The summed E-state index contributed by atoms with van der Waals surface area (Å²) in [6.07, 6.45) is 3.45. The van der Waals surface area contributed by atoms with Gasteiger partial charge in [-0.15, -0.1) is 0 Å². The molecule has 1 unspecified atom stereocenters. The highest BCUT2D eigenvalue weighted by molar-refractivity contribution is 6.07. The van der Waals surface area contributed by atoms with Gasteiger partial charge in [0.15, 0.2) is 11.8 Å². The maximum absolute atomic E-state index is 13.5. The minimum absolute atomic E-state index is 0.00746. The van der Waals surface area contributed by atoms with Crippen molar-refractivity contribution in [3.63, 3.8) is 0 Å². The van der Waals surface area contributed by atoms with Crippen LogP contribution in [0.4, 0.5) is 11.4 Å². The highest BCUT2D eigenvalue weighted by Crippen LogP contribution is 2.45. The largest absolute Gasteiger partial charge is 0.441 e. The smallest absolute Gasteiger partial charge is 0.304 e. The molecule has 2 N–H and O–H groups in total. The average Bonchev–Trinajstić information content (AvgIpc) is 3.01. The molecule has 2 aliphatic rings. The molecule has 178 valence electrons. The number of hydrogen-bond donors (Lipinski definition) is 2. The maximum Gasteiger partial charge on any atom is 0.304 e. The van der Waals surface area contributed by atoms with E-state index in [2.05, 4.69) is 0 Å². The molecule has 0 radical (unpaired) electrons. The van der Waals surface area contributed by atoms with E-state index in [0.717, 1.165) is 5.56 Å². The number of fused-ring (bicyclic) bond motifs is 1. The lowest BCUT2D eigenvalue weighted by atomic mass is 9.83. The van der Waals surface area contributed by atoms with E-state index in [1.807, 2.05) is 12.1 Å². The van der Waals surface area contributed by atoms with Gasteiger partial charge >= 0.3 is 5.97 Å². The molecule has 0 bridgehead atoms. The number of carbonyl (C=O) groups is 3. The Hall–Kier alpha value is -3.49. The van der Waals surface area contributed by atoms with Crippen molar-refractivity contribution in [1.29, 1.82) is 0 Å². The predicted molar refractivity (Wildman–Crippen MR) is 126 cm³/mol. The molecular formula is C26H28N2O6. The summed E-state index contributed by atoms with van der Waals surface area (Å²) in [5.74, 6) is -1.55. The molecule has 0 aromatic heterocycles. The number of β-lactam (4-membered cyclic amide) rings is 1. The van der Waals surface area contributed by atoms with Gasteiger partial charge in [0.2, 0.25) is 5.91 Å². The van der Waals surface area contributed by atoms with E-state index in [4.69, 9.17) is 9.84 Å². The van der Waals surface area contributed by atoms with Crippen LogP contribution in [0.25, 0.3) is 0 Å². The number of anilines is 2. The topological polar surface area (TPSA) is 107 Å². The lowest BCUT2D eigenvalue weighted by molar-refractivity contribution is -0.153. The zero-order valence-corrected chi connectivity index (χ0v) is 19.2. The standard InChI is InChI=1S/C26H28N2O6/c1-17(8-5-6-13-29)26(33)21-11-3-4-12-22(21)27(25(26)32)16-19-9-7-10-20(14-19)28-23(31)15-24(28)34-18(2)30/h3-5,7-12,14,17,24,29,33H,6,13,15-16H2,1-2H3/b8-5+/t17-,24?,26+/m1/s1. The van der Waals surface area contributed by atoms with Gasteiger partial charge in [-0.2, -0.15) is 0 Å². The third-order valence-corrected chi connectivity index (χ3v) is 6.29. The summed E-state index contributed by atoms with van der Waals surface area (Å²) >= 11 is 0. The summed E-state index contributed by atoms with van der Waals surface area (Å²) in [6, 6.07) is 14.3. The van der Waals surface area contributed by atoms with E-state index in [1.54, 1.807) is 60.4 Å². The third kappa shape index (κ3) is 4.10. The fraction of sp³-hybridized carbons (Fsp3) is 0.346. The summed E-state index contributed by atoms with van der Waals surface area (Å²) in [5.41, 5.74) is 0.768. The molecular weight excluding hydrogens is 436 g/mol. The van der Waals surface area contributed by atoms with Crippen molar-refractivity contribution in [3.05, 3.63) is 71.8 Å². The molecule has 2 heterocycles. The van der Waals surface area contributed by atoms with Crippen LogP contribution in [0.2, 0.25) is 0 Å². The molecule has 2 aliphatic heterocycles. The summed E-state index contributed by atoms with van der Waals surface area (Å²) in [7, 11) is 0. The average molecular weight is 465 g/mol. The first-order valence-corrected chi connectivity index (χ1v) is 11.3. The quantitative estimate of drug-likeness (QED) is 0.353. The lowest BCUT2D eigenvalue weighted by Crippen LogP contribution is -2.54. The molecule has 3 atom stereocenters. The maximum atomic E-state index is 13.5. The minimum atomic E-state index is -1.73. The van der Waals surface area contributed by atoms with Gasteiger partial charge in [-0.05, 0) is 30.2 Å².